The van der Waals surface area contributed by atoms with Gasteiger partial charge in [-0.15, -0.1) is 12.4 Å². The lowest BCUT2D eigenvalue weighted by Gasteiger charge is -2.15. The molecular weight excluding hydrogens is 328 g/mol. The van der Waals surface area contributed by atoms with E-state index in [0.29, 0.717) is 6.54 Å². The number of rotatable bonds is 3. The van der Waals surface area contributed by atoms with Crippen molar-refractivity contribution in [2.45, 2.75) is 13.3 Å². The average molecular weight is 346 g/mol. The van der Waals surface area contributed by atoms with E-state index in [4.69, 9.17) is 0 Å². The van der Waals surface area contributed by atoms with Crippen LogP contribution < -0.4 is 10.6 Å². The van der Waals surface area contributed by atoms with Gasteiger partial charge < -0.3 is 10.6 Å². The Balaban J connectivity index is 0.00000180. The first-order valence-corrected chi connectivity index (χ1v) is 6.89. The first-order valence-electron chi connectivity index (χ1n) is 6.10. The molecule has 1 heterocycles. The summed E-state index contributed by atoms with van der Waals surface area (Å²) in [6, 6.07) is 5.76. The third kappa shape index (κ3) is 4.64. The number of carbonyl (C=O) groups is 1. The van der Waals surface area contributed by atoms with E-state index < -0.39 is 0 Å². The second kappa shape index (κ2) is 7.68. The molecule has 1 amide bonds. The molecule has 0 unspecified atom stereocenters. The molecule has 0 aromatic heterocycles. The number of hydrogen-bond donors (Lipinski definition) is 2. The van der Waals surface area contributed by atoms with Crippen LogP contribution in [0.5, 0.6) is 0 Å². The molecule has 0 saturated carbocycles. The number of carbonyl (C=O) groups excluding carboxylic acids is 1. The quantitative estimate of drug-likeness (QED) is 0.827. The van der Waals surface area contributed by atoms with Crippen molar-refractivity contribution in [3.63, 3.8) is 0 Å². The van der Waals surface area contributed by atoms with E-state index in [1.54, 1.807) is 0 Å². The summed E-state index contributed by atoms with van der Waals surface area (Å²) in [6.07, 6.45) is 3.16. The topological polar surface area (TPSA) is 41.1 Å². The second-order valence-corrected chi connectivity index (χ2v) is 5.37. The monoisotopic (exact) mass is 344 g/mol. The molecule has 5 heteroatoms. The van der Waals surface area contributed by atoms with Crippen LogP contribution in [0, 0.1) is 6.92 Å². The van der Waals surface area contributed by atoms with Crippen molar-refractivity contribution in [2.75, 3.05) is 19.6 Å². The van der Waals surface area contributed by atoms with Crippen LogP contribution in [-0.4, -0.2) is 25.5 Å². The molecule has 0 atom stereocenters. The van der Waals surface area contributed by atoms with Gasteiger partial charge in [-0.25, -0.2) is 0 Å². The Bertz CT molecular complexity index is 488. The van der Waals surface area contributed by atoms with Gasteiger partial charge in [0.05, 0.1) is 0 Å². The van der Waals surface area contributed by atoms with Gasteiger partial charge in [-0.05, 0) is 37.6 Å². The van der Waals surface area contributed by atoms with Gasteiger partial charge in [-0.3, -0.25) is 4.79 Å². The fourth-order valence-corrected chi connectivity index (χ4v) is 2.32. The predicted octanol–water partition coefficient (Wildman–Crippen LogP) is 2.83. The molecule has 2 N–H and O–H groups in total. The zero-order chi connectivity index (χ0) is 13.0. The Morgan fingerprint density at radius 1 is 1.47 bits per heavy atom. The van der Waals surface area contributed by atoms with Crippen LogP contribution in [0.4, 0.5) is 0 Å². The largest absolute Gasteiger partial charge is 0.348 e. The van der Waals surface area contributed by atoms with Crippen LogP contribution in [0.1, 0.15) is 22.3 Å². The van der Waals surface area contributed by atoms with Gasteiger partial charge in [0.15, 0.2) is 0 Å². The van der Waals surface area contributed by atoms with Crippen LogP contribution in [0.15, 0.2) is 34.3 Å². The molecule has 0 radical (unpaired) electrons. The summed E-state index contributed by atoms with van der Waals surface area (Å²) in [5.74, 6) is -0.00627. The highest BCUT2D eigenvalue weighted by Crippen LogP contribution is 2.16. The molecule has 0 saturated heterocycles. The smallest absolute Gasteiger partial charge is 0.251 e. The maximum absolute atomic E-state index is 12.1. The molecule has 2 rings (SSSR count). The number of aryl methyl sites for hydroxylation is 1. The molecule has 0 aliphatic carbocycles. The molecule has 1 aromatic rings. The second-order valence-electron chi connectivity index (χ2n) is 4.46. The molecule has 3 nitrogen and oxygen atoms in total. The van der Waals surface area contributed by atoms with Crippen LogP contribution >= 0.6 is 28.3 Å². The Kier molecular flexibility index (Phi) is 6.55. The summed E-state index contributed by atoms with van der Waals surface area (Å²) < 4.78 is 0.930. The highest BCUT2D eigenvalue weighted by molar-refractivity contribution is 9.10. The summed E-state index contributed by atoms with van der Waals surface area (Å²) in [7, 11) is 0. The van der Waals surface area contributed by atoms with Crippen molar-refractivity contribution in [2.24, 2.45) is 0 Å². The van der Waals surface area contributed by atoms with Crippen molar-refractivity contribution in [1.82, 2.24) is 10.6 Å². The lowest BCUT2D eigenvalue weighted by atomic mass is 10.1. The van der Waals surface area contributed by atoms with E-state index in [1.807, 2.05) is 25.1 Å². The van der Waals surface area contributed by atoms with Gasteiger partial charge in [0.2, 0.25) is 0 Å². The van der Waals surface area contributed by atoms with Crippen LogP contribution in [0.25, 0.3) is 0 Å². The third-order valence-corrected chi connectivity index (χ3v) is 3.57. The van der Waals surface area contributed by atoms with Gasteiger partial charge in [0.1, 0.15) is 0 Å². The zero-order valence-electron chi connectivity index (χ0n) is 10.8. The highest BCUT2D eigenvalue weighted by Gasteiger charge is 2.10. The van der Waals surface area contributed by atoms with Crippen molar-refractivity contribution in [1.29, 1.82) is 0 Å². The Hall–Kier alpha value is -0.840. The average Bonchev–Trinajstić information content (AvgIpc) is 2.40. The summed E-state index contributed by atoms with van der Waals surface area (Å²) >= 11 is 3.39. The highest BCUT2D eigenvalue weighted by atomic mass is 79.9. The van der Waals surface area contributed by atoms with Crippen molar-refractivity contribution in [3.8, 4) is 0 Å². The minimum Gasteiger partial charge on any atom is -0.348 e. The van der Waals surface area contributed by atoms with Crippen molar-refractivity contribution in [3.05, 3.63) is 45.4 Å². The van der Waals surface area contributed by atoms with E-state index in [2.05, 4.69) is 32.6 Å². The molecule has 1 aromatic carbocycles. The van der Waals surface area contributed by atoms with Gasteiger partial charge >= 0.3 is 0 Å². The maximum atomic E-state index is 12.1. The number of benzene rings is 1. The molecule has 0 fully saturated rings. The SMILES string of the molecule is Cc1ccc(Br)cc1C(=O)NCC1=CCNCC1.Cl. The molecule has 104 valence electrons. The van der Waals surface area contributed by atoms with Gasteiger partial charge in [-0.2, -0.15) is 0 Å². The molecule has 0 bridgehead atoms. The lowest BCUT2D eigenvalue weighted by molar-refractivity contribution is 0.0956. The molecule has 1 aliphatic rings. The summed E-state index contributed by atoms with van der Waals surface area (Å²) in [4.78, 5) is 12.1. The lowest BCUT2D eigenvalue weighted by Crippen LogP contribution is -2.30. The first-order chi connectivity index (χ1) is 8.66. The van der Waals surface area contributed by atoms with E-state index >= 15 is 0 Å². The van der Waals surface area contributed by atoms with Crippen LogP contribution in [-0.2, 0) is 0 Å². The normalized spacial score (nSPS) is 14.3. The van der Waals surface area contributed by atoms with E-state index in [9.17, 15) is 4.79 Å². The van der Waals surface area contributed by atoms with Crippen molar-refractivity contribution < 1.29 is 4.79 Å². The molecule has 0 spiro atoms. The predicted molar refractivity (Wildman–Crippen MR) is 84.0 cm³/mol. The van der Waals surface area contributed by atoms with Crippen molar-refractivity contribution >= 4 is 34.2 Å². The summed E-state index contributed by atoms with van der Waals surface area (Å²) in [5.41, 5.74) is 3.03. The van der Waals surface area contributed by atoms with Crippen LogP contribution in [0.3, 0.4) is 0 Å². The minimum atomic E-state index is -0.00627. The fraction of sp³-hybridized carbons (Fsp3) is 0.357. The number of hydrogen-bond acceptors (Lipinski definition) is 2. The number of halogens is 2. The number of nitrogens with one attached hydrogen (secondary N) is 2. The van der Waals surface area contributed by atoms with E-state index in [-0.39, 0.29) is 18.3 Å². The van der Waals surface area contributed by atoms with E-state index in [1.165, 1.54) is 5.57 Å². The molecular formula is C14H18BrClN2O. The summed E-state index contributed by atoms with van der Waals surface area (Å²) in [5, 5.41) is 6.24. The fourth-order valence-electron chi connectivity index (χ4n) is 1.96. The van der Waals surface area contributed by atoms with Gasteiger partial charge in [0.25, 0.3) is 5.91 Å². The number of amides is 1. The van der Waals surface area contributed by atoms with Gasteiger partial charge in [-0.1, -0.05) is 33.6 Å². The molecule has 1 aliphatic heterocycles. The Morgan fingerprint density at radius 2 is 2.26 bits per heavy atom. The summed E-state index contributed by atoms with van der Waals surface area (Å²) in [6.45, 7) is 4.50. The third-order valence-electron chi connectivity index (χ3n) is 3.08. The first kappa shape index (κ1) is 16.2. The Labute approximate surface area is 128 Å². The van der Waals surface area contributed by atoms with Crippen LogP contribution in [0.2, 0.25) is 0 Å². The van der Waals surface area contributed by atoms with E-state index in [0.717, 1.165) is 35.1 Å². The Morgan fingerprint density at radius 3 is 2.95 bits per heavy atom. The molecule has 19 heavy (non-hydrogen) atoms. The van der Waals surface area contributed by atoms with Gasteiger partial charge in [0, 0.05) is 23.1 Å². The minimum absolute atomic E-state index is 0. The maximum Gasteiger partial charge on any atom is 0.251 e. The standard InChI is InChI=1S/C14H17BrN2O.ClH/c1-10-2-3-12(15)8-13(10)14(18)17-9-11-4-6-16-7-5-11;/h2-4,8,16H,5-7,9H2,1H3,(H,17,18);1H. The zero-order valence-corrected chi connectivity index (χ0v) is 13.2.